The Morgan fingerprint density at radius 1 is 1.44 bits per heavy atom. The van der Waals surface area contributed by atoms with Crippen LogP contribution in [-0.4, -0.2) is 28.3 Å². The smallest absolute Gasteiger partial charge is 0.150 e. The van der Waals surface area contributed by atoms with E-state index < -0.39 is 0 Å². The highest BCUT2D eigenvalue weighted by atomic mass is 32.2. The molecule has 0 bridgehead atoms. The molecule has 0 amide bonds. The normalized spacial score (nSPS) is 23.7. The zero-order chi connectivity index (χ0) is 12.5. The monoisotopic (exact) mass is 296 g/mol. The zero-order valence-corrected chi connectivity index (χ0v) is 12.9. The molecule has 2 atom stereocenters. The van der Waals surface area contributed by atoms with Crippen molar-refractivity contribution in [1.82, 2.24) is 4.98 Å². The molecule has 0 saturated carbocycles. The van der Waals surface area contributed by atoms with Gasteiger partial charge in [0.2, 0.25) is 0 Å². The Hall–Kier alpha value is -0.390. The van der Waals surface area contributed by atoms with Crippen LogP contribution in [0.5, 0.6) is 0 Å². The van der Waals surface area contributed by atoms with E-state index in [0.29, 0.717) is 11.3 Å². The van der Waals surface area contributed by atoms with Gasteiger partial charge in [-0.3, -0.25) is 0 Å². The van der Waals surface area contributed by atoms with Gasteiger partial charge in [-0.2, -0.15) is 11.8 Å². The third-order valence-electron chi connectivity index (χ3n) is 3.27. The Morgan fingerprint density at radius 3 is 3.06 bits per heavy atom. The number of benzene rings is 1. The summed E-state index contributed by atoms with van der Waals surface area (Å²) >= 11 is 5.55. The van der Waals surface area contributed by atoms with Gasteiger partial charge in [0, 0.05) is 17.0 Å². The highest BCUT2D eigenvalue weighted by molar-refractivity contribution is 8.00. The highest BCUT2D eigenvalue weighted by Gasteiger charge is 2.23. The van der Waals surface area contributed by atoms with Crippen LogP contribution >= 0.6 is 34.9 Å². The molecule has 2 unspecified atom stereocenters. The van der Waals surface area contributed by atoms with Gasteiger partial charge < -0.3 is 5.32 Å². The van der Waals surface area contributed by atoms with Gasteiger partial charge in [0.05, 0.1) is 10.2 Å². The maximum atomic E-state index is 4.57. The molecule has 0 aliphatic carbocycles. The SMILES string of the molecule is CSc1nc2ccc(NC3CCSC3C)cc2s1. The number of nitrogens with one attached hydrogen (secondary N) is 1. The third-order valence-corrected chi connectivity index (χ3v) is 6.60. The van der Waals surface area contributed by atoms with Crippen molar-refractivity contribution in [3.05, 3.63) is 18.2 Å². The number of nitrogens with zero attached hydrogens (tertiary/aromatic N) is 1. The Balaban J connectivity index is 1.84. The summed E-state index contributed by atoms with van der Waals surface area (Å²) in [6, 6.07) is 7.13. The lowest BCUT2D eigenvalue weighted by molar-refractivity contribution is 0.724. The molecule has 1 aromatic carbocycles. The molecule has 1 fully saturated rings. The summed E-state index contributed by atoms with van der Waals surface area (Å²) in [4.78, 5) is 4.57. The molecule has 1 aromatic heterocycles. The second-order valence-electron chi connectivity index (χ2n) is 4.48. The second-order valence-corrected chi connectivity index (χ2v) is 8.05. The van der Waals surface area contributed by atoms with Crippen LogP contribution in [0.3, 0.4) is 0 Å². The number of hydrogen-bond donors (Lipinski definition) is 1. The lowest BCUT2D eigenvalue weighted by atomic mass is 10.1. The quantitative estimate of drug-likeness (QED) is 0.853. The number of aromatic nitrogens is 1. The third kappa shape index (κ3) is 2.49. The van der Waals surface area contributed by atoms with Gasteiger partial charge in [0.25, 0.3) is 0 Å². The molecule has 1 aliphatic rings. The largest absolute Gasteiger partial charge is 0.381 e. The highest BCUT2D eigenvalue weighted by Crippen LogP contribution is 2.32. The van der Waals surface area contributed by atoms with E-state index in [2.05, 4.69) is 53.4 Å². The van der Waals surface area contributed by atoms with E-state index in [1.165, 1.54) is 22.6 Å². The molecule has 18 heavy (non-hydrogen) atoms. The van der Waals surface area contributed by atoms with Crippen molar-refractivity contribution in [2.75, 3.05) is 17.3 Å². The van der Waals surface area contributed by atoms with Crippen molar-refractivity contribution in [2.45, 2.75) is 29.0 Å². The first-order chi connectivity index (χ1) is 8.76. The van der Waals surface area contributed by atoms with Crippen molar-refractivity contribution in [3.63, 3.8) is 0 Å². The molecule has 2 aromatic rings. The lowest BCUT2D eigenvalue weighted by Gasteiger charge is -2.17. The van der Waals surface area contributed by atoms with Crippen molar-refractivity contribution in [2.24, 2.45) is 0 Å². The van der Waals surface area contributed by atoms with Gasteiger partial charge >= 0.3 is 0 Å². The first-order valence-electron chi connectivity index (χ1n) is 6.09. The number of thioether (sulfide) groups is 2. The summed E-state index contributed by atoms with van der Waals surface area (Å²) in [6.07, 6.45) is 3.34. The number of anilines is 1. The average molecular weight is 296 g/mol. The van der Waals surface area contributed by atoms with E-state index >= 15 is 0 Å². The molecule has 0 spiro atoms. The topological polar surface area (TPSA) is 24.9 Å². The van der Waals surface area contributed by atoms with Gasteiger partial charge in [-0.25, -0.2) is 4.98 Å². The molecule has 2 heterocycles. The van der Waals surface area contributed by atoms with Crippen LogP contribution in [0.2, 0.25) is 0 Å². The van der Waals surface area contributed by atoms with Crippen molar-refractivity contribution >= 4 is 50.8 Å². The predicted molar refractivity (Wildman–Crippen MR) is 85.3 cm³/mol. The number of rotatable bonds is 3. The van der Waals surface area contributed by atoms with Crippen LogP contribution in [0.25, 0.3) is 10.2 Å². The first kappa shape index (κ1) is 12.6. The van der Waals surface area contributed by atoms with Crippen molar-refractivity contribution in [3.8, 4) is 0 Å². The first-order valence-corrected chi connectivity index (χ1v) is 9.18. The number of hydrogen-bond acceptors (Lipinski definition) is 5. The fourth-order valence-electron chi connectivity index (χ4n) is 2.22. The van der Waals surface area contributed by atoms with E-state index in [9.17, 15) is 0 Å². The molecule has 1 N–H and O–H groups in total. The van der Waals surface area contributed by atoms with E-state index in [1.54, 1.807) is 23.1 Å². The average Bonchev–Trinajstić information content (AvgIpc) is 2.95. The van der Waals surface area contributed by atoms with E-state index in [1.807, 2.05) is 0 Å². The summed E-state index contributed by atoms with van der Waals surface area (Å²) in [7, 11) is 0. The molecular weight excluding hydrogens is 280 g/mol. The predicted octanol–water partition coefficient (Wildman–Crippen LogP) is 4.32. The second kappa shape index (κ2) is 5.31. The van der Waals surface area contributed by atoms with Gasteiger partial charge in [0.15, 0.2) is 4.34 Å². The van der Waals surface area contributed by atoms with Crippen LogP contribution in [-0.2, 0) is 0 Å². The molecular formula is C13H16N2S3. The fraction of sp³-hybridized carbons (Fsp3) is 0.462. The summed E-state index contributed by atoms with van der Waals surface area (Å²) in [5.74, 6) is 1.28. The van der Waals surface area contributed by atoms with Crippen molar-refractivity contribution in [1.29, 1.82) is 0 Å². The number of thiazole rings is 1. The van der Waals surface area contributed by atoms with Crippen LogP contribution in [0.15, 0.2) is 22.5 Å². The Morgan fingerprint density at radius 2 is 2.33 bits per heavy atom. The van der Waals surface area contributed by atoms with Gasteiger partial charge in [-0.05, 0) is 36.6 Å². The number of fused-ring (bicyclic) bond motifs is 1. The molecule has 1 saturated heterocycles. The summed E-state index contributed by atoms with van der Waals surface area (Å²) in [5, 5.41) is 4.37. The molecule has 2 nitrogen and oxygen atoms in total. The maximum absolute atomic E-state index is 4.57. The van der Waals surface area contributed by atoms with E-state index in [0.717, 1.165) is 9.86 Å². The Bertz CT molecular complexity index is 552. The Labute approximate surface area is 120 Å². The molecule has 0 radical (unpaired) electrons. The fourth-order valence-corrected chi connectivity index (χ4v) is 4.94. The molecule has 96 valence electrons. The Kier molecular flexibility index (Phi) is 3.73. The minimum Gasteiger partial charge on any atom is -0.381 e. The van der Waals surface area contributed by atoms with Crippen LogP contribution < -0.4 is 5.32 Å². The molecule has 1 aliphatic heterocycles. The summed E-state index contributed by atoms with van der Waals surface area (Å²) in [5.41, 5.74) is 2.35. The van der Waals surface area contributed by atoms with Crippen LogP contribution in [0, 0.1) is 0 Å². The maximum Gasteiger partial charge on any atom is 0.150 e. The van der Waals surface area contributed by atoms with Gasteiger partial charge in [0.1, 0.15) is 0 Å². The van der Waals surface area contributed by atoms with Crippen LogP contribution in [0.1, 0.15) is 13.3 Å². The lowest BCUT2D eigenvalue weighted by Crippen LogP contribution is -2.24. The minimum atomic E-state index is 0.611. The van der Waals surface area contributed by atoms with Crippen LogP contribution in [0.4, 0.5) is 5.69 Å². The van der Waals surface area contributed by atoms with Gasteiger partial charge in [-0.1, -0.05) is 18.7 Å². The minimum absolute atomic E-state index is 0.611. The standard InChI is InChI=1S/C13H16N2S3/c1-8-10(5-6-17-8)14-9-3-4-11-12(7-9)18-13(15-11)16-2/h3-4,7-8,10,14H,5-6H2,1-2H3. The van der Waals surface area contributed by atoms with E-state index in [-0.39, 0.29) is 0 Å². The zero-order valence-electron chi connectivity index (χ0n) is 10.5. The molecule has 3 rings (SSSR count). The molecule has 5 heteroatoms. The summed E-state index contributed by atoms with van der Waals surface area (Å²) in [6.45, 7) is 2.31. The summed E-state index contributed by atoms with van der Waals surface area (Å²) < 4.78 is 2.43. The van der Waals surface area contributed by atoms with Gasteiger partial charge in [-0.15, -0.1) is 11.3 Å². The van der Waals surface area contributed by atoms with E-state index in [4.69, 9.17) is 0 Å². The van der Waals surface area contributed by atoms with Crippen molar-refractivity contribution < 1.29 is 0 Å².